The number of nitrogens with zero attached hydrogens (tertiary/aromatic N) is 1. The number of nitrogens with one attached hydrogen (secondary N) is 1. The van der Waals surface area contributed by atoms with Gasteiger partial charge >= 0.3 is 5.97 Å². The van der Waals surface area contributed by atoms with Gasteiger partial charge in [-0.2, -0.15) is 0 Å². The van der Waals surface area contributed by atoms with Gasteiger partial charge in [0.1, 0.15) is 22.8 Å². The van der Waals surface area contributed by atoms with Crippen LogP contribution in [0.5, 0.6) is 0 Å². The molecule has 1 amide bonds. The molecule has 128 valence electrons. The van der Waals surface area contributed by atoms with Crippen LogP contribution in [0, 0.1) is 18.2 Å². The Morgan fingerprint density at radius 3 is 2.67 bits per heavy atom. The van der Waals surface area contributed by atoms with E-state index in [2.05, 4.69) is 10.5 Å². The number of aliphatic carboxylic acids is 1. The van der Waals surface area contributed by atoms with Gasteiger partial charge < -0.3 is 14.9 Å². The van der Waals surface area contributed by atoms with Crippen LogP contribution in [0.2, 0.25) is 5.02 Å². The van der Waals surface area contributed by atoms with Gasteiger partial charge in [-0.05, 0) is 32.9 Å². The number of aromatic nitrogens is 1. The van der Waals surface area contributed by atoms with Gasteiger partial charge in [0.25, 0.3) is 5.91 Å². The second-order valence-corrected chi connectivity index (χ2v) is 6.34. The van der Waals surface area contributed by atoms with E-state index in [0.717, 1.165) is 0 Å². The normalized spacial score (nSPS) is 11.4. The van der Waals surface area contributed by atoms with E-state index in [1.807, 2.05) is 0 Å². The molecule has 1 heterocycles. The second-order valence-electron chi connectivity index (χ2n) is 5.93. The first kappa shape index (κ1) is 17.9. The number of benzene rings is 1. The summed E-state index contributed by atoms with van der Waals surface area (Å²) in [7, 11) is 0. The number of carbonyl (C=O) groups excluding carboxylic acids is 1. The molecule has 0 saturated carbocycles. The zero-order valence-corrected chi connectivity index (χ0v) is 14.1. The standard InChI is InChI=1S/C16H16ClFN2O4/c1-8-11(14(21)19-7-16(2,3)15(22)23)13(20-24-8)12-9(17)5-4-6-10(12)18/h4-6H,7H2,1-3H3,(H,19,21)(H,22,23). The highest BCUT2D eigenvalue weighted by Crippen LogP contribution is 2.33. The molecule has 8 heteroatoms. The molecule has 0 unspecified atom stereocenters. The minimum atomic E-state index is -1.16. The van der Waals surface area contributed by atoms with E-state index in [4.69, 9.17) is 21.2 Å². The summed E-state index contributed by atoms with van der Waals surface area (Å²) in [6.07, 6.45) is 0. The van der Waals surface area contributed by atoms with Crippen LogP contribution in [-0.4, -0.2) is 28.7 Å². The van der Waals surface area contributed by atoms with Crippen LogP contribution in [0.4, 0.5) is 4.39 Å². The lowest BCUT2D eigenvalue weighted by atomic mass is 9.93. The van der Waals surface area contributed by atoms with Gasteiger partial charge in [-0.1, -0.05) is 22.8 Å². The molecule has 1 aromatic heterocycles. The maximum absolute atomic E-state index is 14.1. The number of hydrogen-bond donors (Lipinski definition) is 2. The highest BCUT2D eigenvalue weighted by atomic mass is 35.5. The van der Waals surface area contributed by atoms with Crippen molar-refractivity contribution in [3.8, 4) is 11.3 Å². The molecule has 1 aromatic carbocycles. The van der Waals surface area contributed by atoms with E-state index in [-0.39, 0.29) is 34.1 Å². The van der Waals surface area contributed by atoms with Crippen molar-refractivity contribution in [3.05, 3.63) is 40.4 Å². The highest BCUT2D eigenvalue weighted by molar-refractivity contribution is 6.33. The summed E-state index contributed by atoms with van der Waals surface area (Å²) >= 11 is 6.01. The number of aryl methyl sites for hydroxylation is 1. The molecular weight excluding hydrogens is 339 g/mol. The van der Waals surface area contributed by atoms with Crippen molar-refractivity contribution < 1.29 is 23.6 Å². The molecule has 2 N–H and O–H groups in total. The van der Waals surface area contributed by atoms with Crippen molar-refractivity contribution in [2.75, 3.05) is 6.54 Å². The number of halogens is 2. The first-order chi connectivity index (χ1) is 11.1. The second kappa shape index (κ2) is 6.60. The van der Waals surface area contributed by atoms with Crippen LogP contribution in [0.15, 0.2) is 22.7 Å². The van der Waals surface area contributed by atoms with E-state index in [0.29, 0.717) is 0 Å². The zero-order chi connectivity index (χ0) is 18.1. The largest absolute Gasteiger partial charge is 0.481 e. The van der Waals surface area contributed by atoms with Crippen molar-refractivity contribution in [2.24, 2.45) is 5.41 Å². The molecule has 0 aliphatic heterocycles. The third-order valence-electron chi connectivity index (χ3n) is 3.56. The summed E-state index contributed by atoms with van der Waals surface area (Å²) in [5, 5.41) is 15.4. The minimum Gasteiger partial charge on any atom is -0.481 e. The summed E-state index contributed by atoms with van der Waals surface area (Å²) in [5.41, 5.74) is -1.21. The molecule has 0 saturated heterocycles. The number of rotatable bonds is 5. The molecule has 6 nitrogen and oxygen atoms in total. The van der Waals surface area contributed by atoms with Crippen molar-refractivity contribution in [1.29, 1.82) is 0 Å². The van der Waals surface area contributed by atoms with Gasteiger partial charge in [-0.25, -0.2) is 4.39 Å². The Hall–Kier alpha value is -2.41. The summed E-state index contributed by atoms with van der Waals surface area (Å²) in [5.74, 6) is -2.13. The summed E-state index contributed by atoms with van der Waals surface area (Å²) in [4.78, 5) is 23.6. The third kappa shape index (κ3) is 3.41. The smallest absolute Gasteiger partial charge is 0.310 e. The van der Waals surface area contributed by atoms with Crippen LogP contribution >= 0.6 is 11.6 Å². The van der Waals surface area contributed by atoms with Gasteiger partial charge in [0.05, 0.1) is 16.0 Å². The van der Waals surface area contributed by atoms with Crippen molar-refractivity contribution in [3.63, 3.8) is 0 Å². The van der Waals surface area contributed by atoms with Gasteiger partial charge in [-0.3, -0.25) is 9.59 Å². The lowest BCUT2D eigenvalue weighted by Crippen LogP contribution is -2.39. The number of carbonyl (C=O) groups is 2. The van der Waals surface area contributed by atoms with Crippen molar-refractivity contribution in [1.82, 2.24) is 10.5 Å². The summed E-state index contributed by atoms with van der Waals surface area (Å²) < 4.78 is 19.1. The quantitative estimate of drug-likeness (QED) is 0.859. The van der Waals surface area contributed by atoms with E-state index in [1.165, 1.54) is 39.0 Å². The highest BCUT2D eigenvalue weighted by Gasteiger charge is 2.30. The van der Waals surface area contributed by atoms with Gasteiger partial charge in [-0.15, -0.1) is 0 Å². The van der Waals surface area contributed by atoms with E-state index in [9.17, 15) is 14.0 Å². The molecule has 2 aromatic rings. The Balaban J connectivity index is 2.37. The molecule has 2 rings (SSSR count). The van der Waals surface area contributed by atoms with E-state index >= 15 is 0 Å². The van der Waals surface area contributed by atoms with Crippen LogP contribution in [0.25, 0.3) is 11.3 Å². The van der Waals surface area contributed by atoms with Crippen LogP contribution in [0.3, 0.4) is 0 Å². The molecule has 0 aliphatic carbocycles. The van der Waals surface area contributed by atoms with E-state index in [1.54, 1.807) is 0 Å². The molecular formula is C16H16ClFN2O4. The monoisotopic (exact) mass is 354 g/mol. The lowest BCUT2D eigenvalue weighted by Gasteiger charge is -2.19. The van der Waals surface area contributed by atoms with E-state index < -0.39 is 23.1 Å². The zero-order valence-electron chi connectivity index (χ0n) is 13.3. The number of amides is 1. The molecule has 0 atom stereocenters. The molecule has 0 fully saturated rings. The molecule has 0 aliphatic rings. The lowest BCUT2D eigenvalue weighted by molar-refractivity contribution is -0.146. The topological polar surface area (TPSA) is 92.4 Å². The Kier molecular flexibility index (Phi) is 4.94. The Morgan fingerprint density at radius 1 is 1.42 bits per heavy atom. The van der Waals surface area contributed by atoms with Gasteiger partial charge in [0.2, 0.25) is 0 Å². The predicted molar refractivity (Wildman–Crippen MR) is 85.4 cm³/mol. The fourth-order valence-electron chi connectivity index (χ4n) is 2.00. The number of hydrogen-bond acceptors (Lipinski definition) is 4. The first-order valence-electron chi connectivity index (χ1n) is 7.07. The molecule has 24 heavy (non-hydrogen) atoms. The van der Waals surface area contributed by atoms with Crippen LogP contribution in [-0.2, 0) is 4.79 Å². The Bertz CT molecular complexity index is 781. The molecule has 0 spiro atoms. The SMILES string of the molecule is Cc1onc(-c2c(F)cccc2Cl)c1C(=O)NCC(C)(C)C(=O)O. The summed E-state index contributed by atoms with van der Waals surface area (Å²) in [6.45, 7) is 4.34. The molecule has 0 bridgehead atoms. The fraction of sp³-hybridized carbons (Fsp3) is 0.312. The fourth-order valence-corrected chi connectivity index (χ4v) is 2.25. The maximum Gasteiger partial charge on any atom is 0.310 e. The average molecular weight is 355 g/mol. The van der Waals surface area contributed by atoms with Crippen molar-refractivity contribution >= 4 is 23.5 Å². The maximum atomic E-state index is 14.1. The van der Waals surface area contributed by atoms with Gasteiger partial charge in [0.15, 0.2) is 0 Å². The minimum absolute atomic E-state index is 0.0168. The van der Waals surface area contributed by atoms with Crippen LogP contribution < -0.4 is 5.32 Å². The average Bonchev–Trinajstić information content (AvgIpc) is 2.86. The number of carboxylic acid groups (broad SMARTS) is 1. The Morgan fingerprint density at radius 2 is 2.08 bits per heavy atom. The number of carboxylic acids is 1. The molecule has 0 radical (unpaired) electrons. The summed E-state index contributed by atoms with van der Waals surface area (Å²) in [6, 6.07) is 4.10. The first-order valence-corrected chi connectivity index (χ1v) is 7.45. The predicted octanol–water partition coefficient (Wildman–Crippen LogP) is 3.28. The van der Waals surface area contributed by atoms with Crippen LogP contribution in [0.1, 0.15) is 30.0 Å². The van der Waals surface area contributed by atoms with Crippen molar-refractivity contribution in [2.45, 2.75) is 20.8 Å². The third-order valence-corrected chi connectivity index (χ3v) is 3.87. The van der Waals surface area contributed by atoms with Gasteiger partial charge in [0, 0.05) is 6.54 Å². The Labute approximate surface area is 142 Å².